The molecule has 29 heavy (non-hydrogen) atoms. The average Bonchev–Trinajstić information content (AvgIpc) is 2.99. The van der Waals surface area contributed by atoms with E-state index in [1.807, 2.05) is 31.2 Å². The SMILES string of the molecule is Cc1ccc(/C=C/S(=O)(=O)N2C3CCC2CC(S(=O)(=O)c2ccccc2)C3)cc1. The summed E-state index contributed by atoms with van der Waals surface area (Å²) in [4.78, 5) is 0.319. The Morgan fingerprint density at radius 2 is 1.45 bits per heavy atom. The number of aryl methyl sites for hydroxylation is 1. The van der Waals surface area contributed by atoms with Crippen molar-refractivity contribution in [2.45, 2.75) is 54.8 Å². The molecule has 2 saturated heterocycles. The summed E-state index contributed by atoms with van der Waals surface area (Å²) in [6.07, 6.45) is 3.74. The van der Waals surface area contributed by atoms with Gasteiger partial charge in [0.1, 0.15) is 0 Å². The molecule has 7 heteroatoms. The predicted octanol–water partition coefficient (Wildman–Crippen LogP) is 3.76. The van der Waals surface area contributed by atoms with E-state index in [9.17, 15) is 16.8 Å². The summed E-state index contributed by atoms with van der Waals surface area (Å²) in [5, 5.41) is 0.726. The fourth-order valence-electron chi connectivity index (χ4n) is 4.47. The molecule has 0 radical (unpaired) electrons. The second-order valence-corrected chi connectivity index (χ2v) is 11.9. The maximum Gasteiger partial charge on any atom is 0.236 e. The first-order chi connectivity index (χ1) is 13.8. The van der Waals surface area contributed by atoms with Crippen LogP contribution in [0.5, 0.6) is 0 Å². The molecule has 2 aliphatic heterocycles. The van der Waals surface area contributed by atoms with E-state index in [0.717, 1.165) is 11.1 Å². The minimum absolute atomic E-state index is 0.259. The monoisotopic (exact) mass is 431 g/mol. The van der Waals surface area contributed by atoms with E-state index in [4.69, 9.17) is 0 Å². The number of rotatable bonds is 5. The molecule has 2 aromatic rings. The van der Waals surface area contributed by atoms with Gasteiger partial charge in [0.25, 0.3) is 0 Å². The third-order valence-electron chi connectivity index (χ3n) is 5.94. The number of nitrogens with zero attached hydrogens (tertiary/aromatic N) is 1. The zero-order valence-corrected chi connectivity index (χ0v) is 17.9. The normalized spacial score (nSPS) is 25.5. The van der Waals surface area contributed by atoms with Gasteiger partial charge >= 0.3 is 0 Å². The van der Waals surface area contributed by atoms with Crippen LogP contribution in [0.3, 0.4) is 0 Å². The molecule has 2 fully saturated rings. The van der Waals surface area contributed by atoms with Crippen LogP contribution in [0.4, 0.5) is 0 Å². The molecule has 5 nitrogen and oxygen atoms in total. The highest BCUT2D eigenvalue weighted by Gasteiger charge is 2.49. The van der Waals surface area contributed by atoms with E-state index < -0.39 is 25.1 Å². The molecule has 2 unspecified atom stereocenters. The van der Waals surface area contributed by atoms with E-state index >= 15 is 0 Å². The number of hydrogen-bond donors (Lipinski definition) is 0. The number of sulfone groups is 1. The molecule has 0 amide bonds. The number of piperidine rings is 1. The van der Waals surface area contributed by atoms with Gasteiger partial charge < -0.3 is 0 Å². The average molecular weight is 432 g/mol. The highest BCUT2D eigenvalue weighted by molar-refractivity contribution is 7.92. The number of hydrogen-bond acceptors (Lipinski definition) is 4. The fraction of sp³-hybridized carbons (Fsp3) is 0.364. The summed E-state index contributed by atoms with van der Waals surface area (Å²) >= 11 is 0. The summed E-state index contributed by atoms with van der Waals surface area (Å²) in [7, 11) is -7.06. The second kappa shape index (κ2) is 7.70. The topological polar surface area (TPSA) is 71.5 Å². The first-order valence-electron chi connectivity index (χ1n) is 9.84. The highest BCUT2D eigenvalue weighted by Crippen LogP contribution is 2.41. The van der Waals surface area contributed by atoms with Gasteiger partial charge in [0, 0.05) is 17.5 Å². The van der Waals surface area contributed by atoms with Crippen molar-refractivity contribution in [3.05, 3.63) is 71.1 Å². The largest absolute Gasteiger partial charge is 0.236 e. The maximum atomic E-state index is 13.0. The van der Waals surface area contributed by atoms with Gasteiger partial charge in [0.15, 0.2) is 9.84 Å². The summed E-state index contributed by atoms with van der Waals surface area (Å²) in [6, 6.07) is 15.6. The fourth-order valence-corrected chi connectivity index (χ4v) is 8.02. The molecule has 2 atom stereocenters. The molecule has 0 spiro atoms. The van der Waals surface area contributed by atoms with Gasteiger partial charge in [-0.05, 0) is 56.4 Å². The van der Waals surface area contributed by atoms with Crippen molar-refractivity contribution in [3.63, 3.8) is 0 Å². The van der Waals surface area contributed by atoms with Crippen LogP contribution >= 0.6 is 0 Å². The van der Waals surface area contributed by atoms with Crippen molar-refractivity contribution in [1.82, 2.24) is 4.31 Å². The quantitative estimate of drug-likeness (QED) is 0.723. The third-order valence-corrected chi connectivity index (χ3v) is 9.79. The molecule has 0 N–H and O–H groups in total. The molecular weight excluding hydrogens is 406 g/mol. The van der Waals surface area contributed by atoms with Gasteiger partial charge in [-0.3, -0.25) is 0 Å². The minimum atomic E-state index is -3.60. The van der Waals surface area contributed by atoms with Crippen molar-refractivity contribution in [2.24, 2.45) is 0 Å². The van der Waals surface area contributed by atoms with Gasteiger partial charge in [-0.2, -0.15) is 4.31 Å². The second-order valence-electron chi connectivity index (χ2n) is 7.92. The predicted molar refractivity (Wildman–Crippen MR) is 114 cm³/mol. The zero-order valence-electron chi connectivity index (χ0n) is 16.3. The Labute approximate surface area is 173 Å². The molecule has 2 bridgehead atoms. The first kappa shape index (κ1) is 20.3. The van der Waals surface area contributed by atoms with Gasteiger partial charge in [-0.15, -0.1) is 0 Å². The lowest BCUT2D eigenvalue weighted by atomic mass is 10.1. The Morgan fingerprint density at radius 1 is 0.862 bits per heavy atom. The molecule has 0 saturated carbocycles. The van der Waals surface area contributed by atoms with E-state index in [-0.39, 0.29) is 12.1 Å². The van der Waals surface area contributed by atoms with E-state index in [1.165, 1.54) is 5.41 Å². The van der Waals surface area contributed by atoms with E-state index in [0.29, 0.717) is 30.6 Å². The Bertz CT molecular complexity index is 1090. The maximum absolute atomic E-state index is 13.0. The Kier molecular flexibility index (Phi) is 5.40. The third kappa shape index (κ3) is 4.04. The molecule has 0 aliphatic carbocycles. The Morgan fingerprint density at radius 3 is 2.03 bits per heavy atom. The lowest BCUT2D eigenvalue weighted by molar-refractivity contribution is 0.251. The number of benzene rings is 2. The Balaban J connectivity index is 1.54. The van der Waals surface area contributed by atoms with Crippen molar-refractivity contribution < 1.29 is 16.8 Å². The van der Waals surface area contributed by atoms with Crippen molar-refractivity contribution in [2.75, 3.05) is 0 Å². The lowest BCUT2D eigenvalue weighted by Crippen LogP contribution is -2.48. The van der Waals surface area contributed by atoms with Crippen LogP contribution in [-0.2, 0) is 19.9 Å². The Hall–Kier alpha value is -1.96. The van der Waals surface area contributed by atoms with E-state index in [2.05, 4.69) is 0 Å². The van der Waals surface area contributed by atoms with Crippen LogP contribution in [0.15, 0.2) is 64.9 Å². The molecular formula is C22H25NO4S2. The van der Waals surface area contributed by atoms with Crippen molar-refractivity contribution in [1.29, 1.82) is 0 Å². The number of sulfonamides is 1. The highest BCUT2D eigenvalue weighted by atomic mass is 32.2. The minimum Gasteiger partial charge on any atom is -0.223 e. The van der Waals surface area contributed by atoms with Crippen LogP contribution in [0.25, 0.3) is 6.08 Å². The van der Waals surface area contributed by atoms with Crippen LogP contribution in [-0.4, -0.2) is 38.5 Å². The summed E-state index contributed by atoms with van der Waals surface area (Å²) < 4.78 is 53.6. The molecule has 2 aromatic carbocycles. The van der Waals surface area contributed by atoms with Crippen LogP contribution in [0, 0.1) is 6.92 Å². The van der Waals surface area contributed by atoms with Gasteiger partial charge in [0.2, 0.25) is 10.0 Å². The lowest BCUT2D eigenvalue weighted by Gasteiger charge is -2.36. The first-order valence-corrected chi connectivity index (χ1v) is 12.9. The molecule has 154 valence electrons. The van der Waals surface area contributed by atoms with Gasteiger partial charge in [-0.1, -0.05) is 48.0 Å². The summed E-state index contributed by atoms with van der Waals surface area (Å²) in [5.74, 6) is 0. The smallest absolute Gasteiger partial charge is 0.223 e. The van der Waals surface area contributed by atoms with Crippen LogP contribution < -0.4 is 0 Å². The van der Waals surface area contributed by atoms with Crippen molar-refractivity contribution >= 4 is 25.9 Å². The molecule has 2 heterocycles. The standard InChI is InChI=1S/C22H25NO4S2/c1-17-7-9-18(10-8-17)13-14-28(24,25)23-19-11-12-20(23)16-22(15-19)29(26,27)21-5-3-2-4-6-21/h2-10,13-14,19-20,22H,11-12,15-16H2,1H3/b14-13+. The van der Waals surface area contributed by atoms with Gasteiger partial charge in [0.05, 0.1) is 10.1 Å². The summed E-state index contributed by atoms with van der Waals surface area (Å²) in [6.45, 7) is 1.98. The number of fused-ring (bicyclic) bond motifs is 2. The molecule has 4 rings (SSSR count). The molecule has 2 aliphatic rings. The van der Waals surface area contributed by atoms with Gasteiger partial charge in [-0.25, -0.2) is 16.8 Å². The van der Waals surface area contributed by atoms with E-state index in [1.54, 1.807) is 40.7 Å². The van der Waals surface area contributed by atoms with Crippen LogP contribution in [0.1, 0.15) is 36.8 Å². The summed E-state index contributed by atoms with van der Waals surface area (Å²) in [5.41, 5.74) is 1.94. The zero-order chi connectivity index (χ0) is 20.6. The van der Waals surface area contributed by atoms with Crippen LogP contribution in [0.2, 0.25) is 0 Å². The molecule has 0 aromatic heterocycles. The van der Waals surface area contributed by atoms with Crippen molar-refractivity contribution in [3.8, 4) is 0 Å².